The molecule has 2 fully saturated rings. The third-order valence-corrected chi connectivity index (χ3v) is 8.24. The molecule has 182 valence electrons. The van der Waals surface area contributed by atoms with Crippen molar-refractivity contribution in [3.8, 4) is 0 Å². The largest absolute Gasteiger partial charge is 0.480 e. The zero-order valence-electron chi connectivity index (χ0n) is 18.7. The Kier molecular flexibility index (Phi) is 8.92. The summed E-state index contributed by atoms with van der Waals surface area (Å²) >= 11 is 0. The predicted octanol–water partition coefficient (Wildman–Crippen LogP) is 3.21. The van der Waals surface area contributed by atoms with Crippen molar-refractivity contribution >= 4 is 25.3 Å². The van der Waals surface area contributed by atoms with Crippen molar-refractivity contribution in [2.75, 3.05) is 18.9 Å². The van der Waals surface area contributed by atoms with Crippen LogP contribution in [-0.4, -0.2) is 63.8 Å². The molecule has 4 atom stereocenters. The summed E-state index contributed by atoms with van der Waals surface area (Å²) < 4.78 is 17.7. The highest BCUT2D eigenvalue weighted by atomic mass is 31.2. The van der Waals surface area contributed by atoms with Gasteiger partial charge in [0.25, 0.3) is 0 Å². The Morgan fingerprint density at radius 1 is 1.12 bits per heavy atom. The smallest absolute Gasteiger partial charge is 0.407 e. The second-order valence-electron chi connectivity index (χ2n) is 8.93. The Morgan fingerprint density at radius 2 is 1.85 bits per heavy atom. The minimum absolute atomic E-state index is 0.0564. The Labute approximate surface area is 193 Å². The van der Waals surface area contributed by atoms with Crippen LogP contribution < -0.4 is 5.32 Å². The highest BCUT2D eigenvalue weighted by Gasteiger charge is 2.48. The number of nitrogens with zero attached hydrogens (tertiary/aromatic N) is 1. The van der Waals surface area contributed by atoms with Gasteiger partial charge in [-0.2, -0.15) is 0 Å². The molecule has 1 aromatic carbocycles. The quantitative estimate of drug-likeness (QED) is 0.346. The van der Waals surface area contributed by atoms with E-state index in [-0.39, 0.29) is 24.7 Å². The highest BCUT2D eigenvalue weighted by Crippen LogP contribution is 2.45. The van der Waals surface area contributed by atoms with Crippen LogP contribution in [0.25, 0.3) is 0 Å². The molecule has 1 unspecified atom stereocenters. The Morgan fingerprint density at radius 3 is 2.58 bits per heavy atom. The number of hydrogen-bond acceptors (Lipinski definition) is 5. The van der Waals surface area contributed by atoms with Gasteiger partial charge in [0.05, 0.1) is 0 Å². The first kappa shape index (κ1) is 25.2. The molecule has 0 spiro atoms. The van der Waals surface area contributed by atoms with E-state index in [9.17, 15) is 28.9 Å². The first-order valence-electron chi connectivity index (χ1n) is 11.6. The maximum Gasteiger partial charge on any atom is 0.407 e. The van der Waals surface area contributed by atoms with Gasteiger partial charge in [0.2, 0.25) is 13.3 Å². The lowest BCUT2D eigenvalue weighted by atomic mass is 9.85. The fourth-order valence-electron chi connectivity index (χ4n) is 4.86. The van der Waals surface area contributed by atoms with Gasteiger partial charge in [-0.3, -0.25) is 9.36 Å². The van der Waals surface area contributed by atoms with E-state index >= 15 is 0 Å². The maximum absolute atomic E-state index is 12.9. The molecule has 3 rings (SSSR count). The van der Waals surface area contributed by atoms with Gasteiger partial charge in [-0.25, -0.2) is 9.59 Å². The SMILES string of the molecule is O=C(NCCCCP(=O)(O)CC(=O)N1[C@@H]2CCCC[C@@H]2C[C@H]1C(=O)O)OCc1ccccc1. The average Bonchev–Trinajstić information content (AvgIpc) is 3.18. The van der Waals surface area contributed by atoms with Crippen LogP contribution in [0.5, 0.6) is 0 Å². The first-order chi connectivity index (χ1) is 15.8. The summed E-state index contributed by atoms with van der Waals surface area (Å²) in [4.78, 5) is 48.0. The number of rotatable bonds is 10. The molecule has 1 saturated heterocycles. The van der Waals surface area contributed by atoms with Crippen LogP contribution in [-0.2, 0) is 25.5 Å². The molecule has 1 heterocycles. The maximum atomic E-state index is 12.9. The van der Waals surface area contributed by atoms with E-state index in [2.05, 4.69) is 5.32 Å². The predicted molar refractivity (Wildman–Crippen MR) is 122 cm³/mol. The molecule has 10 heteroatoms. The standard InChI is InChI=1S/C23H33N2O7P/c26-21(25-19-11-5-4-10-18(19)14-20(25)22(27)28)16-33(30,31)13-7-6-12-24-23(29)32-15-17-8-2-1-3-9-17/h1-3,8-9,18-20H,4-7,10-16H2,(H,24,29)(H,27,28)(H,30,31)/t18-,19-,20+/m1/s1. The molecule has 3 N–H and O–H groups in total. The number of unbranched alkanes of at least 4 members (excludes halogenated alkanes) is 1. The molecule has 1 aliphatic heterocycles. The van der Waals surface area contributed by atoms with E-state index < -0.39 is 37.5 Å². The topological polar surface area (TPSA) is 133 Å². The van der Waals surface area contributed by atoms with Gasteiger partial charge in [0.15, 0.2) is 0 Å². The molecular formula is C23H33N2O7P. The fourth-order valence-corrected chi connectivity index (χ4v) is 6.32. The van der Waals surface area contributed by atoms with Crippen LogP contribution >= 0.6 is 7.37 Å². The second kappa shape index (κ2) is 11.7. The summed E-state index contributed by atoms with van der Waals surface area (Å²) in [6.45, 7) is 0.453. The van der Waals surface area contributed by atoms with Gasteiger partial charge in [-0.15, -0.1) is 0 Å². The molecule has 1 saturated carbocycles. The first-order valence-corrected chi connectivity index (χ1v) is 13.6. The van der Waals surface area contributed by atoms with Crippen molar-refractivity contribution in [3.05, 3.63) is 35.9 Å². The lowest BCUT2D eigenvalue weighted by Crippen LogP contribution is -2.47. The van der Waals surface area contributed by atoms with Crippen LogP contribution in [0.4, 0.5) is 4.79 Å². The minimum atomic E-state index is -3.75. The van der Waals surface area contributed by atoms with Crippen LogP contribution in [0, 0.1) is 5.92 Å². The van der Waals surface area contributed by atoms with E-state index in [0.717, 1.165) is 31.2 Å². The van der Waals surface area contributed by atoms with Gasteiger partial charge >= 0.3 is 12.1 Å². The number of carboxylic acids is 1. The van der Waals surface area contributed by atoms with Crippen molar-refractivity contribution in [1.29, 1.82) is 0 Å². The summed E-state index contributed by atoms with van der Waals surface area (Å²) in [7, 11) is -3.75. The minimum Gasteiger partial charge on any atom is -0.480 e. The van der Waals surface area contributed by atoms with E-state index in [1.54, 1.807) is 0 Å². The number of aliphatic carboxylic acids is 1. The molecule has 1 aliphatic carbocycles. The Balaban J connectivity index is 1.38. The Bertz CT molecular complexity index is 879. The number of fused-ring (bicyclic) bond motifs is 1. The van der Waals surface area contributed by atoms with E-state index in [4.69, 9.17) is 4.74 Å². The summed E-state index contributed by atoms with van der Waals surface area (Å²) in [6, 6.07) is 8.24. The number of benzene rings is 1. The van der Waals surface area contributed by atoms with Crippen LogP contribution in [0.2, 0.25) is 0 Å². The lowest BCUT2D eigenvalue weighted by Gasteiger charge is -2.33. The van der Waals surface area contributed by atoms with Crippen molar-refractivity contribution in [2.24, 2.45) is 5.92 Å². The summed E-state index contributed by atoms with van der Waals surface area (Å²) in [6.07, 6.45) is 3.71. The molecular weight excluding hydrogens is 447 g/mol. The summed E-state index contributed by atoms with van der Waals surface area (Å²) in [5.74, 6) is -1.42. The van der Waals surface area contributed by atoms with Crippen molar-refractivity contribution in [3.63, 3.8) is 0 Å². The van der Waals surface area contributed by atoms with Crippen molar-refractivity contribution in [1.82, 2.24) is 10.2 Å². The number of likely N-dealkylation sites (tertiary alicyclic amines) is 1. The molecule has 0 bridgehead atoms. The van der Waals surface area contributed by atoms with Crippen molar-refractivity contribution < 1.29 is 33.7 Å². The lowest BCUT2D eigenvalue weighted by molar-refractivity contribution is -0.148. The van der Waals surface area contributed by atoms with Crippen LogP contribution in [0.3, 0.4) is 0 Å². The number of hydrogen-bond donors (Lipinski definition) is 3. The molecule has 1 aromatic rings. The number of carbonyl (C=O) groups excluding carboxylic acids is 2. The van der Waals surface area contributed by atoms with E-state index in [0.29, 0.717) is 25.8 Å². The number of nitrogens with one attached hydrogen (secondary N) is 1. The zero-order chi connectivity index (χ0) is 23.8. The van der Waals surface area contributed by atoms with Crippen LogP contribution in [0.15, 0.2) is 30.3 Å². The van der Waals surface area contributed by atoms with E-state index in [1.165, 1.54) is 4.90 Å². The number of alkyl carbamates (subject to hydrolysis) is 1. The molecule has 0 aromatic heterocycles. The van der Waals surface area contributed by atoms with Gasteiger partial charge in [0.1, 0.15) is 18.8 Å². The summed E-state index contributed by atoms with van der Waals surface area (Å²) in [5, 5.41) is 12.2. The third kappa shape index (κ3) is 7.30. The number of carbonyl (C=O) groups is 3. The highest BCUT2D eigenvalue weighted by molar-refractivity contribution is 7.58. The Hall–Kier alpha value is -2.38. The average molecular weight is 480 g/mol. The van der Waals surface area contributed by atoms with Gasteiger partial charge in [0, 0.05) is 18.7 Å². The summed E-state index contributed by atoms with van der Waals surface area (Å²) in [5.41, 5.74) is 0.876. The molecule has 9 nitrogen and oxygen atoms in total. The zero-order valence-corrected chi connectivity index (χ0v) is 19.6. The number of amides is 2. The fraction of sp³-hybridized carbons (Fsp3) is 0.609. The molecule has 33 heavy (non-hydrogen) atoms. The van der Waals surface area contributed by atoms with Gasteiger partial charge in [-0.05, 0) is 43.6 Å². The van der Waals surface area contributed by atoms with E-state index in [1.807, 2.05) is 30.3 Å². The molecule has 2 aliphatic rings. The molecule has 2 amide bonds. The second-order valence-corrected chi connectivity index (χ2v) is 11.4. The van der Waals surface area contributed by atoms with Crippen LogP contribution in [0.1, 0.15) is 50.5 Å². The van der Waals surface area contributed by atoms with Gasteiger partial charge in [-0.1, -0.05) is 43.2 Å². The number of ether oxygens (including phenoxy) is 1. The monoisotopic (exact) mass is 480 g/mol. The third-order valence-electron chi connectivity index (χ3n) is 6.46. The van der Waals surface area contributed by atoms with Crippen molar-refractivity contribution in [2.45, 2.75) is 63.6 Å². The molecule has 0 radical (unpaired) electrons. The number of carboxylic acid groups (broad SMARTS) is 1. The normalized spacial score (nSPS) is 23.9. The van der Waals surface area contributed by atoms with Gasteiger partial charge < -0.3 is 25.0 Å².